The molecule has 0 fully saturated rings. The van der Waals surface area contributed by atoms with E-state index in [4.69, 9.17) is 16.6 Å². The molecule has 7 nitrogen and oxygen atoms in total. The summed E-state index contributed by atoms with van der Waals surface area (Å²) in [6.07, 6.45) is 3.76. The van der Waals surface area contributed by atoms with Crippen molar-refractivity contribution in [2.45, 2.75) is 32.9 Å². The number of hydrogen-bond donors (Lipinski definition) is 3. The molecule has 4 rings (SSSR count). The van der Waals surface area contributed by atoms with E-state index in [9.17, 15) is 4.79 Å². The Kier molecular flexibility index (Phi) is 8.03. The number of urea groups is 1. The van der Waals surface area contributed by atoms with Gasteiger partial charge in [-0.2, -0.15) is 9.61 Å². The van der Waals surface area contributed by atoms with E-state index in [1.54, 1.807) is 10.7 Å². The van der Waals surface area contributed by atoms with Gasteiger partial charge in [-0.05, 0) is 39.5 Å². The third-order valence-corrected chi connectivity index (χ3v) is 6.23. The van der Waals surface area contributed by atoms with Crippen molar-refractivity contribution in [1.29, 1.82) is 0 Å². The van der Waals surface area contributed by atoms with Gasteiger partial charge in [-0.15, -0.1) is 0 Å². The Morgan fingerprint density at radius 2 is 1.79 bits per heavy atom. The van der Waals surface area contributed by atoms with Crippen LogP contribution in [0.5, 0.6) is 0 Å². The zero-order valence-electron chi connectivity index (χ0n) is 18.8. The molecule has 0 aliphatic carbocycles. The second kappa shape index (κ2) is 11.4. The van der Waals surface area contributed by atoms with Crippen LogP contribution in [0.25, 0.3) is 16.9 Å². The van der Waals surface area contributed by atoms with Crippen molar-refractivity contribution < 1.29 is 4.79 Å². The van der Waals surface area contributed by atoms with Gasteiger partial charge in [0.25, 0.3) is 0 Å². The van der Waals surface area contributed by atoms with E-state index >= 15 is 0 Å². The highest BCUT2D eigenvalue weighted by Crippen LogP contribution is 2.30. The molecule has 0 unspecified atom stereocenters. The topological polar surface area (TPSA) is 83.4 Å². The van der Waals surface area contributed by atoms with E-state index in [1.807, 2.05) is 54.6 Å². The van der Waals surface area contributed by atoms with Gasteiger partial charge in [0.05, 0.1) is 16.4 Å². The van der Waals surface area contributed by atoms with Crippen LogP contribution in [0, 0.1) is 0 Å². The number of aromatic nitrogens is 3. The van der Waals surface area contributed by atoms with Crippen molar-refractivity contribution in [2.24, 2.45) is 0 Å². The number of amides is 2. The van der Waals surface area contributed by atoms with Gasteiger partial charge in [0, 0.05) is 36.3 Å². The second-order valence-corrected chi connectivity index (χ2v) is 9.13. The maximum Gasteiger partial charge on any atom is 0.315 e. The summed E-state index contributed by atoms with van der Waals surface area (Å²) < 4.78 is 2.57. The number of unbranched alkanes of at least 4 members (excludes halogenated alkanes) is 1. The molecule has 0 radical (unpaired) electrons. The number of carbonyl (C=O) groups excluding carboxylic acids is 1. The average Bonchev–Trinajstić information content (AvgIpc) is 3.23. The van der Waals surface area contributed by atoms with Gasteiger partial charge in [-0.3, -0.25) is 0 Å². The van der Waals surface area contributed by atoms with Gasteiger partial charge >= 0.3 is 6.03 Å². The third kappa shape index (κ3) is 5.87. The average molecular weight is 542 g/mol. The maximum atomic E-state index is 11.8. The summed E-state index contributed by atoms with van der Waals surface area (Å²) in [5.41, 5.74) is 4.47. The van der Waals surface area contributed by atoms with Gasteiger partial charge in [-0.1, -0.05) is 67.4 Å². The molecule has 9 heteroatoms. The number of fused-ring (bicyclic) bond motifs is 1. The van der Waals surface area contributed by atoms with Crippen LogP contribution >= 0.6 is 27.5 Å². The van der Waals surface area contributed by atoms with Crippen molar-refractivity contribution >= 4 is 45.0 Å². The Morgan fingerprint density at radius 3 is 2.53 bits per heavy atom. The highest BCUT2D eigenvalue weighted by atomic mass is 79.9. The van der Waals surface area contributed by atoms with E-state index in [-0.39, 0.29) is 6.03 Å². The van der Waals surface area contributed by atoms with Crippen LogP contribution in [0.15, 0.2) is 65.3 Å². The number of rotatable bonds is 9. The van der Waals surface area contributed by atoms with E-state index in [0.29, 0.717) is 30.3 Å². The highest BCUT2D eigenvalue weighted by Gasteiger charge is 2.13. The molecular weight excluding hydrogens is 516 g/mol. The molecule has 2 heterocycles. The predicted octanol–water partition coefficient (Wildman–Crippen LogP) is 6.02. The zero-order valence-corrected chi connectivity index (χ0v) is 21.2. The first-order valence-electron chi connectivity index (χ1n) is 11.2. The fourth-order valence-electron chi connectivity index (χ4n) is 3.46. The van der Waals surface area contributed by atoms with Crippen molar-refractivity contribution in [3.05, 3.63) is 81.4 Å². The van der Waals surface area contributed by atoms with E-state index in [2.05, 4.69) is 43.9 Å². The van der Waals surface area contributed by atoms with Crippen LogP contribution in [-0.4, -0.2) is 27.2 Å². The Bertz CT molecular complexity index is 1270. The Balaban J connectivity index is 1.44. The number of hydrogen-bond acceptors (Lipinski definition) is 4. The van der Waals surface area contributed by atoms with Crippen LogP contribution in [0.1, 0.15) is 30.9 Å². The minimum atomic E-state index is -0.138. The zero-order chi connectivity index (χ0) is 23.9. The van der Waals surface area contributed by atoms with Gasteiger partial charge in [0.1, 0.15) is 5.82 Å². The summed E-state index contributed by atoms with van der Waals surface area (Å²) >= 11 is 9.95. The summed E-state index contributed by atoms with van der Waals surface area (Å²) in [5.74, 6) is 0.806. The molecule has 4 aromatic rings. The first-order chi connectivity index (χ1) is 16.5. The minimum absolute atomic E-state index is 0.138. The molecule has 2 aromatic heterocycles. The van der Waals surface area contributed by atoms with Crippen molar-refractivity contribution in [3.8, 4) is 11.3 Å². The molecule has 34 heavy (non-hydrogen) atoms. The fourth-order valence-corrected chi connectivity index (χ4v) is 4.04. The van der Waals surface area contributed by atoms with Crippen LogP contribution in [0.2, 0.25) is 5.02 Å². The highest BCUT2D eigenvalue weighted by molar-refractivity contribution is 9.10. The Morgan fingerprint density at radius 1 is 1.06 bits per heavy atom. The lowest BCUT2D eigenvalue weighted by Gasteiger charge is -2.12. The largest absolute Gasteiger partial charge is 0.366 e. The molecule has 0 spiro atoms. The Hall–Kier alpha value is -3.10. The molecule has 0 saturated heterocycles. The van der Waals surface area contributed by atoms with Gasteiger partial charge in [0.15, 0.2) is 5.65 Å². The quantitative estimate of drug-likeness (QED) is 0.226. The van der Waals surface area contributed by atoms with Crippen LogP contribution in [0.3, 0.4) is 0 Å². The van der Waals surface area contributed by atoms with Gasteiger partial charge in [0.2, 0.25) is 0 Å². The number of nitrogens with zero attached hydrogens (tertiary/aromatic N) is 3. The summed E-state index contributed by atoms with van der Waals surface area (Å²) in [6.45, 7) is 3.88. The molecular formula is C25H26BrClN6O. The van der Waals surface area contributed by atoms with Crippen molar-refractivity contribution in [1.82, 2.24) is 25.2 Å². The van der Waals surface area contributed by atoms with Crippen LogP contribution in [0.4, 0.5) is 10.6 Å². The van der Waals surface area contributed by atoms with E-state index < -0.39 is 0 Å². The molecule has 176 valence electrons. The molecule has 0 atom stereocenters. The lowest BCUT2D eigenvalue weighted by molar-refractivity contribution is 0.240. The number of carbonyl (C=O) groups is 1. The second-order valence-electron chi connectivity index (χ2n) is 7.87. The van der Waals surface area contributed by atoms with Crippen LogP contribution < -0.4 is 16.0 Å². The number of halogens is 2. The monoisotopic (exact) mass is 540 g/mol. The number of benzene rings is 2. The first-order valence-corrected chi connectivity index (χ1v) is 12.3. The maximum absolute atomic E-state index is 11.8. The lowest BCUT2D eigenvalue weighted by Crippen LogP contribution is -2.35. The molecule has 0 bridgehead atoms. The predicted molar refractivity (Wildman–Crippen MR) is 140 cm³/mol. The van der Waals surface area contributed by atoms with Gasteiger partial charge < -0.3 is 16.0 Å². The molecule has 0 aliphatic rings. The molecule has 0 aliphatic heterocycles. The molecule has 2 amide bonds. The van der Waals surface area contributed by atoms with E-state index in [1.165, 1.54) is 0 Å². The minimum Gasteiger partial charge on any atom is -0.366 e. The summed E-state index contributed by atoms with van der Waals surface area (Å²) in [7, 11) is 0. The summed E-state index contributed by atoms with van der Waals surface area (Å²) in [4.78, 5) is 16.6. The number of anilines is 1. The van der Waals surface area contributed by atoms with Gasteiger partial charge in [-0.25, -0.2) is 9.78 Å². The first kappa shape index (κ1) is 24.0. The molecule has 0 saturated carbocycles. The third-order valence-electron chi connectivity index (χ3n) is 5.34. The lowest BCUT2D eigenvalue weighted by atomic mass is 10.1. The SMILES string of the molecule is CCCCNC(=O)NCc1ccc(CNc2cc(-c3ccccc3Cl)nc3c(Br)cnn23)cc1. The van der Waals surface area contributed by atoms with Crippen molar-refractivity contribution in [2.75, 3.05) is 11.9 Å². The number of nitrogens with one attached hydrogen (secondary N) is 3. The summed E-state index contributed by atoms with van der Waals surface area (Å²) in [6, 6.07) is 17.6. The fraction of sp³-hybridized carbons (Fsp3) is 0.240. The molecule has 3 N–H and O–H groups in total. The standard InChI is InChI=1S/C25H26BrClN6O/c1-2-3-12-28-25(34)30-15-18-10-8-17(9-11-18)14-29-23-13-22(19-6-4-5-7-21(19)27)32-24-20(26)16-31-33(23)24/h4-11,13,16,29H,2-3,12,14-15H2,1H3,(H2,28,30,34). The Labute approximate surface area is 212 Å². The normalized spacial score (nSPS) is 10.9. The van der Waals surface area contributed by atoms with E-state index in [0.717, 1.165) is 45.5 Å². The molecule has 2 aromatic carbocycles. The smallest absolute Gasteiger partial charge is 0.315 e. The van der Waals surface area contributed by atoms with Crippen molar-refractivity contribution in [3.63, 3.8) is 0 Å². The van der Waals surface area contributed by atoms with Crippen LogP contribution in [-0.2, 0) is 13.1 Å². The summed E-state index contributed by atoms with van der Waals surface area (Å²) in [5, 5.41) is 14.3.